The number of imidazole rings is 1. The maximum absolute atomic E-state index is 12.7. The van der Waals surface area contributed by atoms with Crippen LogP contribution in [0.3, 0.4) is 0 Å². The molecule has 1 aliphatic rings. The Labute approximate surface area is 153 Å². The van der Waals surface area contributed by atoms with Crippen molar-refractivity contribution in [1.29, 1.82) is 0 Å². The topological polar surface area (TPSA) is 58.2 Å². The number of carbonyl (C=O) groups excluding carboxylic acids is 1. The summed E-state index contributed by atoms with van der Waals surface area (Å²) in [6.07, 6.45) is 6.97. The highest BCUT2D eigenvalue weighted by atomic mass is 32.2. The Hall–Kier alpha value is -1.95. The third-order valence-electron chi connectivity index (χ3n) is 4.78. The predicted octanol–water partition coefficient (Wildman–Crippen LogP) is 3.89. The lowest BCUT2D eigenvalue weighted by Gasteiger charge is -2.36. The van der Waals surface area contributed by atoms with Gasteiger partial charge in [0.1, 0.15) is 11.6 Å². The van der Waals surface area contributed by atoms with E-state index in [1.165, 1.54) is 0 Å². The molecule has 5 nitrogen and oxygen atoms in total. The lowest BCUT2D eigenvalue weighted by Crippen LogP contribution is -2.42. The van der Waals surface area contributed by atoms with Crippen LogP contribution in [0.5, 0.6) is 5.75 Å². The van der Waals surface area contributed by atoms with Crippen molar-refractivity contribution in [2.24, 2.45) is 0 Å². The van der Waals surface area contributed by atoms with Gasteiger partial charge in [-0.1, -0.05) is 12.1 Å². The van der Waals surface area contributed by atoms with Gasteiger partial charge in [-0.05, 0) is 44.6 Å². The number of hydrogen-bond donors (Lipinski definition) is 1. The first-order valence-electron chi connectivity index (χ1n) is 8.66. The molecule has 0 aliphatic carbocycles. The van der Waals surface area contributed by atoms with Crippen LogP contribution in [0, 0.1) is 0 Å². The minimum Gasteiger partial charge on any atom is -0.497 e. The molecule has 1 aliphatic heterocycles. The number of amides is 1. The molecular weight excluding hydrogens is 334 g/mol. The Balaban J connectivity index is 1.85. The van der Waals surface area contributed by atoms with Crippen molar-refractivity contribution in [2.75, 3.05) is 19.9 Å². The van der Waals surface area contributed by atoms with Gasteiger partial charge in [-0.15, -0.1) is 0 Å². The molecule has 1 N–H and O–H groups in total. The molecule has 6 heteroatoms. The number of aromatic amines is 1. The highest BCUT2D eigenvalue weighted by Crippen LogP contribution is 2.32. The van der Waals surface area contributed by atoms with Gasteiger partial charge in [-0.2, -0.15) is 11.8 Å². The van der Waals surface area contributed by atoms with Crippen molar-refractivity contribution < 1.29 is 9.53 Å². The average molecular weight is 359 g/mol. The summed E-state index contributed by atoms with van der Waals surface area (Å²) in [5, 5.41) is -0.0200. The summed E-state index contributed by atoms with van der Waals surface area (Å²) in [6, 6.07) is 7.93. The molecule has 134 valence electrons. The maximum atomic E-state index is 12.7. The van der Waals surface area contributed by atoms with E-state index in [4.69, 9.17) is 4.74 Å². The zero-order chi connectivity index (χ0) is 17.8. The van der Waals surface area contributed by atoms with E-state index in [1.807, 2.05) is 48.5 Å². The van der Waals surface area contributed by atoms with Crippen molar-refractivity contribution in [2.45, 2.75) is 37.5 Å². The molecule has 0 spiro atoms. The second kappa shape index (κ2) is 7.95. The molecule has 2 atom stereocenters. The van der Waals surface area contributed by atoms with Crippen LogP contribution >= 0.6 is 11.8 Å². The van der Waals surface area contributed by atoms with Crippen molar-refractivity contribution in [1.82, 2.24) is 14.9 Å². The van der Waals surface area contributed by atoms with Gasteiger partial charge in [0.2, 0.25) is 5.91 Å². The van der Waals surface area contributed by atoms with Crippen molar-refractivity contribution in [3.63, 3.8) is 0 Å². The van der Waals surface area contributed by atoms with E-state index in [-0.39, 0.29) is 17.2 Å². The summed E-state index contributed by atoms with van der Waals surface area (Å²) in [5.74, 6) is 1.90. The number of aromatic nitrogens is 2. The third-order valence-corrected chi connectivity index (χ3v) is 5.69. The van der Waals surface area contributed by atoms with Crippen LogP contribution in [0.15, 0.2) is 30.5 Å². The van der Waals surface area contributed by atoms with E-state index in [2.05, 4.69) is 9.97 Å². The van der Waals surface area contributed by atoms with Crippen LogP contribution in [0.2, 0.25) is 0 Å². The van der Waals surface area contributed by atoms with Gasteiger partial charge in [0, 0.05) is 12.1 Å². The second-order valence-corrected chi connectivity index (χ2v) is 7.51. The first kappa shape index (κ1) is 17.9. The monoisotopic (exact) mass is 359 g/mol. The Morgan fingerprint density at radius 2 is 2.28 bits per heavy atom. The normalized spacial score (nSPS) is 18.8. The Bertz CT molecular complexity index is 731. The van der Waals surface area contributed by atoms with Crippen LogP contribution in [0.4, 0.5) is 0 Å². The van der Waals surface area contributed by atoms with E-state index in [9.17, 15) is 4.79 Å². The molecule has 2 heterocycles. The number of rotatable bonds is 5. The molecule has 2 unspecified atom stereocenters. The average Bonchev–Trinajstić information content (AvgIpc) is 3.17. The lowest BCUT2D eigenvalue weighted by molar-refractivity contribution is -0.134. The SMILES string of the molecule is COc1cccc(-c2cnc(C3CCCCN3C(=O)C(C)SC)[nH]2)c1. The van der Waals surface area contributed by atoms with Crippen LogP contribution in [0.1, 0.15) is 38.1 Å². The van der Waals surface area contributed by atoms with Gasteiger partial charge < -0.3 is 14.6 Å². The molecule has 1 amide bonds. The number of H-pyrrole nitrogens is 1. The second-order valence-electron chi connectivity index (χ2n) is 6.34. The molecule has 3 rings (SSSR count). The molecular formula is C19H25N3O2S. The van der Waals surface area contributed by atoms with Gasteiger partial charge in [-0.25, -0.2) is 4.98 Å². The molecule has 2 aromatic rings. The van der Waals surface area contributed by atoms with Gasteiger partial charge in [0.15, 0.2) is 0 Å². The molecule has 0 bridgehead atoms. The highest BCUT2D eigenvalue weighted by Gasteiger charge is 2.32. The first-order valence-corrected chi connectivity index (χ1v) is 9.95. The zero-order valence-corrected chi connectivity index (χ0v) is 15.8. The molecule has 25 heavy (non-hydrogen) atoms. The van der Waals surface area contributed by atoms with Gasteiger partial charge >= 0.3 is 0 Å². The Kier molecular flexibility index (Phi) is 5.68. The van der Waals surface area contributed by atoms with E-state index in [1.54, 1.807) is 18.9 Å². The Morgan fingerprint density at radius 1 is 1.44 bits per heavy atom. The van der Waals surface area contributed by atoms with E-state index >= 15 is 0 Å². The highest BCUT2D eigenvalue weighted by molar-refractivity contribution is 7.99. The summed E-state index contributed by atoms with van der Waals surface area (Å²) in [4.78, 5) is 22.7. The number of piperidine rings is 1. The largest absolute Gasteiger partial charge is 0.497 e. The number of thioether (sulfide) groups is 1. The summed E-state index contributed by atoms with van der Waals surface area (Å²) in [6.45, 7) is 2.78. The number of methoxy groups -OCH3 is 1. The number of ether oxygens (including phenoxy) is 1. The summed E-state index contributed by atoms with van der Waals surface area (Å²) >= 11 is 1.59. The molecule has 0 saturated carbocycles. The zero-order valence-electron chi connectivity index (χ0n) is 15.0. The fourth-order valence-electron chi connectivity index (χ4n) is 3.26. The van der Waals surface area contributed by atoms with E-state index < -0.39 is 0 Å². The number of hydrogen-bond acceptors (Lipinski definition) is 4. The maximum Gasteiger partial charge on any atom is 0.236 e. The van der Waals surface area contributed by atoms with Crippen LogP contribution < -0.4 is 4.74 Å². The minimum atomic E-state index is -0.0200. The van der Waals surface area contributed by atoms with Crippen molar-refractivity contribution >= 4 is 17.7 Å². The predicted molar refractivity (Wildman–Crippen MR) is 102 cm³/mol. The van der Waals surface area contributed by atoms with E-state index in [0.717, 1.165) is 48.6 Å². The molecule has 1 aromatic heterocycles. The van der Waals surface area contributed by atoms with E-state index in [0.29, 0.717) is 0 Å². The first-order chi connectivity index (χ1) is 12.1. The van der Waals surface area contributed by atoms with Crippen LogP contribution in [0.25, 0.3) is 11.3 Å². The smallest absolute Gasteiger partial charge is 0.236 e. The third kappa shape index (κ3) is 3.84. The minimum absolute atomic E-state index is 0.0200. The quantitative estimate of drug-likeness (QED) is 0.880. The number of benzene rings is 1. The van der Waals surface area contributed by atoms with Gasteiger partial charge in [0.25, 0.3) is 0 Å². The van der Waals surface area contributed by atoms with Crippen LogP contribution in [-0.2, 0) is 4.79 Å². The summed E-state index contributed by atoms with van der Waals surface area (Å²) in [7, 11) is 1.66. The summed E-state index contributed by atoms with van der Waals surface area (Å²) < 4.78 is 5.30. The number of nitrogens with one attached hydrogen (secondary N) is 1. The fourth-order valence-corrected chi connectivity index (χ4v) is 3.59. The summed E-state index contributed by atoms with van der Waals surface area (Å²) in [5.41, 5.74) is 1.98. The number of nitrogens with zero attached hydrogens (tertiary/aromatic N) is 2. The van der Waals surface area contributed by atoms with Gasteiger partial charge in [-0.3, -0.25) is 4.79 Å². The Morgan fingerprint density at radius 3 is 3.04 bits per heavy atom. The van der Waals surface area contributed by atoms with Crippen molar-refractivity contribution in [3.8, 4) is 17.0 Å². The molecule has 0 radical (unpaired) electrons. The fraction of sp³-hybridized carbons (Fsp3) is 0.474. The standard InChI is InChI=1S/C19H25N3O2S/c1-13(25-3)19(23)22-10-5-4-9-17(22)18-20-12-16(21-18)14-7-6-8-15(11-14)24-2/h6-8,11-13,17H,4-5,9-10H2,1-3H3,(H,20,21). The number of likely N-dealkylation sites (tertiary alicyclic amines) is 1. The molecule has 1 aromatic carbocycles. The molecule has 1 fully saturated rings. The van der Waals surface area contributed by atoms with Crippen molar-refractivity contribution in [3.05, 3.63) is 36.3 Å². The number of carbonyl (C=O) groups is 1. The van der Waals surface area contributed by atoms with Gasteiger partial charge in [0.05, 0.1) is 30.3 Å². The van der Waals surface area contributed by atoms with Crippen LogP contribution in [-0.4, -0.2) is 45.9 Å². The lowest BCUT2D eigenvalue weighted by atomic mass is 10.0. The molecule has 1 saturated heterocycles.